The summed E-state index contributed by atoms with van der Waals surface area (Å²) in [6.45, 7) is 6.79. The number of hydrogen-bond acceptors (Lipinski definition) is 3. The van der Waals surface area contributed by atoms with Gasteiger partial charge in [0.15, 0.2) is 0 Å². The molecule has 1 aliphatic carbocycles. The smallest absolute Gasteiger partial charge is 0.249 e. The summed E-state index contributed by atoms with van der Waals surface area (Å²) in [5.74, 6) is 0.0475. The lowest BCUT2D eigenvalue weighted by atomic mass is 9.78. The van der Waals surface area contributed by atoms with Gasteiger partial charge in [-0.05, 0) is 33.6 Å². The molecule has 2 amide bonds. The van der Waals surface area contributed by atoms with Crippen LogP contribution in [0.4, 0.5) is 0 Å². The van der Waals surface area contributed by atoms with Gasteiger partial charge in [-0.2, -0.15) is 0 Å². The minimum Gasteiger partial charge on any atom is -0.380 e. The number of ether oxygens (including phenoxy) is 1. The van der Waals surface area contributed by atoms with E-state index >= 15 is 0 Å². The van der Waals surface area contributed by atoms with Crippen molar-refractivity contribution in [2.75, 3.05) is 13.2 Å². The predicted molar refractivity (Wildman–Crippen MR) is 76.2 cm³/mol. The predicted octanol–water partition coefficient (Wildman–Crippen LogP) is 1.46. The molecule has 2 unspecified atom stereocenters. The summed E-state index contributed by atoms with van der Waals surface area (Å²) < 4.78 is 5.43. The maximum absolute atomic E-state index is 12.9. The van der Waals surface area contributed by atoms with Gasteiger partial charge in [-0.1, -0.05) is 19.3 Å². The van der Waals surface area contributed by atoms with Crippen LogP contribution in [0.1, 0.15) is 52.9 Å². The van der Waals surface area contributed by atoms with Gasteiger partial charge in [0.05, 0.1) is 12.6 Å². The number of nitrogens with one attached hydrogen (secondary N) is 1. The van der Waals surface area contributed by atoms with Gasteiger partial charge in [-0.25, -0.2) is 0 Å². The molecule has 2 rings (SSSR count). The third-order valence-electron chi connectivity index (χ3n) is 4.55. The molecule has 0 aromatic heterocycles. The van der Waals surface area contributed by atoms with Crippen LogP contribution in [-0.4, -0.2) is 47.6 Å². The fraction of sp³-hybridized carbons (Fsp3) is 0.867. The van der Waals surface area contributed by atoms with Gasteiger partial charge in [0.1, 0.15) is 11.6 Å². The Morgan fingerprint density at radius 2 is 2.00 bits per heavy atom. The van der Waals surface area contributed by atoms with E-state index in [1.807, 2.05) is 13.8 Å². The Morgan fingerprint density at radius 3 is 2.60 bits per heavy atom. The summed E-state index contributed by atoms with van der Waals surface area (Å²) in [6.07, 6.45) is 4.70. The van der Waals surface area contributed by atoms with Crippen LogP contribution in [0.3, 0.4) is 0 Å². The molecule has 2 fully saturated rings. The molecule has 2 atom stereocenters. The lowest BCUT2D eigenvalue weighted by molar-refractivity contribution is -0.159. The second-order valence-corrected chi connectivity index (χ2v) is 6.03. The topological polar surface area (TPSA) is 58.6 Å². The summed E-state index contributed by atoms with van der Waals surface area (Å²) in [5, 5.41) is 3.00. The molecule has 0 aromatic carbocycles. The average molecular weight is 282 g/mol. The summed E-state index contributed by atoms with van der Waals surface area (Å²) in [4.78, 5) is 26.9. The Labute approximate surface area is 121 Å². The van der Waals surface area contributed by atoms with Crippen LogP contribution in [0.2, 0.25) is 0 Å². The largest absolute Gasteiger partial charge is 0.380 e. The zero-order valence-electron chi connectivity index (χ0n) is 12.8. The molecule has 1 heterocycles. The van der Waals surface area contributed by atoms with Crippen molar-refractivity contribution in [3.8, 4) is 0 Å². The molecule has 5 nitrogen and oxygen atoms in total. The monoisotopic (exact) mass is 282 g/mol. The maximum Gasteiger partial charge on any atom is 0.249 e. The number of rotatable bonds is 4. The van der Waals surface area contributed by atoms with E-state index in [9.17, 15) is 9.59 Å². The number of carbonyl (C=O) groups excluding carboxylic acids is 2. The molecule has 1 saturated carbocycles. The van der Waals surface area contributed by atoms with Crippen molar-refractivity contribution in [3.05, 3.63) is 0 Å². The Kier molecular flexibility index (Phi) is 4.68. The minimum absolute atomic E-state index is 0.0325. The van der Waals surface area contributed by atoms with Crippen molar-refractivity contribution in [2.45, 2.75) is 70.5 Å². The molecular formula is C15H26N2O3. The highest BCUT2D eigenvalue weighted by atomic mass is 16.5. The lowest BCUT2D eigenvalue weighted by Crippen LogP contribution is -2.71. The molecule has 0 aromatic rings. The third-order valence-corrected chi connectivity index (χ3v) is 4.55. The molecule has 0 bridgehead atoms. The van der Waals surface area contributed by atoms with Crippen molar-refractivity contribution in [1.82, 2.24) is 10.2 Å². The van der Waals surface area contributed by atoms with Crippen molar-refractivity contribution < 1.29 is 14.3 Å². The number of hydrogen-bond donors (Lipinski definition) is 1. The molecule has 2 aliphatic rings. The maximum atomic E-state index is 12.9. The van der Waals surface area contributed by atoms with Gasteiger partial charge in [-0.15, -0.1) is 0 Å². The molecule has 1 N–H and O–H groups in total. The molecule has 1 spiro atoms. The van der Waals surface area contributed by atoms with Crippen LogP contribution >= 0.6 is 0 Å². The molecule has 20 heavy (non-hydrogen) atoms. The number of amides is 2. The molecule has 1 aliphatic heterocycles. The first-order valence-electron chi connectivity index (χ1n) is 7.74. The molecule has 114 valence electrons. The first-order chi connectivity index (χ1) is 9.52. The van der Waals surface area contributed by atoms with E-state index in [1.54, 1.807) is 11.8 Å². The van der Waals surface area contributed by atoms with Gasteiger partial charge in [0, 0.05) is 6.61 Å². The molecule has 0 radical (unpaired) electrons. The van der Waals surface area contributed by atoms with Crippen LogP contribution in [0, 0.1) is 0 Å². The highest BCUT2D eigenvalue weighted by molar-refractivity contribution is 5.99. The van der Waals surface area contributed by atoms with Crippen LogP contribution < -0.4 is 5.32 Å². The highest BCUT2D eigenvalue weighted by Crippen LogP contribution is 2.34. The van der Waals surface area contributed by atoms with E-state index < -0.39 is 11.6 Å². The summed E-state index contributed by atoms with van der Waals surface area (Å²) in [6, 6.07) is -0.479. The highest BCUT2D eigenvalue weighted by Gasteiger charge is 2.50. The first kappa shape index (κ1) is 15.3. The van der Waals surface area contributed by atoms with Crippen molar-refractivity contribution in [1.29, 1.82) is 0 Å². The summed E-state index contributed by atoms with van der Waals surface area (Å²) in [7, 11) is 0. The van der Waals surface area contributed by atoms with Crippen molar-refractivity contribution in [3.63, 3.8) is 0 Å². The molecule has 1 saturated heterocycles. The zero-order chi connectivity index (χ0) is 14.8. The summed E-state index contributed by atoms with van der Waals surface area (Å²) in [5.41, 5.74) is -0.650. The number of nitrogens with zero attached hydrogens (tertiary/aromatic N) is 1. The Morgan fingerprint density at radius 1 is 1.35 bits per heavy atom. The van der Waals surface area contributed by atoms with E-state index in [4.69, 9.17) is 4.74 Å². The molecular weight excluding hydrogens is 256 g/mol. The number of carbonyl (C=O) groups is 2. The van der Waals surface area contributed by atoms with Gasteiger partial charge < -0.3 is 15.0 Å². The van der Waals surface area contributed by atoms with Crippen LogP contribution in [0.25, 0.3) is 0 Å². The van der Waals surface area contributed by atoms with Crippen LogP contribution in [0.15, 0.2) is 0 Å². The SMILES string of the molecule is CCOCC(C)N1C(=O)C2(CCCCC2)NC(=O)C1C. The van der Waals surface area contributed by atoms with Gasteiger partial charge in [0.2, 0.25) is 11.8 Å². The fourth-order valence-corrected chi connectivity index (χ4v) is 3.39. The zero-order valence-corrected chi connectivity index (χ0v) is 12.8. The van der Waals surface area contributed by atoms with Crippen LogP contribution in [-0.2, 0) is 14.3 Å². The molecule has 5 heteroatoms. The summed E-state index contributed by atoms with van der Waals surface area (Å²) >= 11 is 0. The van der Waals surface area contributed by atoms with Crippen molar-refractivity contribution in [2.24, 2.45) is 0 Å². The number of piperazine rings is 1. The second-order valence-electron chi connectivity index (χ2n) is 6.03. The normalized spacial score (nSPS) is 27.6. The second kappa shape index (κ2) is 6.12. The van der Waals surface area contributed by atoms with Gasteiger partial charge in [0.25, 0.3) is 0 Å². The van der Waals surface area contributed by atoms with E-state index in [1.165, 1.54) is 0 Å². The lowest BCUT2D eigenvalue weighted by Gasteiger charge is -2.48. The standard InChI is InChI=1S/C15H26N2O3/c1-4-20-10-11(2)17-12(3)13(18)16-15(14(17)19)8-6-5-7-9-15/h11-12H,4-10H2,1-3H3,(H,16,18). The van der Waals surface area contributed by atoms with Crippen LogP contribution in [0.5, 0.6) is 0 Å². The third kappa shape index (κ3) is 2.68. The Hall–Kier alpha value is -1.10. The fourth-order valence-electron chi connectivity index (χ4n) is 3.39. The first-order valence-corrected chi connectivity index (χ1v) is 7.74. The average Bonchev–Trinajstić information content (AvgIpc) is 2.44. The minimum atomic E-state index is -0.650. The van der Waals surface area contributed by atoms with Gasteiger partial charge in [-0.3, -0.25) is 9.59 Å². The van der Waals surface area contributed by atoms with Crippen molar-refractivity contribution >= 4 is 11.8 Å². The van der Waals surface area contributed by atoms with E-state index in [0.717, 1.165) is 32.1 Å². The van der Waals surface area contributed by atoms with E-state index in [2.05, 4.69) is 5.32 Å². The quantitative estimate of drug-likeness (QED) is 0.849. The van der Waals surface area contributed by atoms with Gasteiger partial charge >= 0.3 is 0 Å². The van der Waals surface area contributed by atoms with E-state index in [-0.39, 0.29) is 17.9 Å². The van der Waals surface area contributed by atoms with E-state index in [0.29, 0.717) is 13.2 Å². The Bertz CT molecular complexity index is 377. The Balaban J connectivity index is 2.19.